The van der Waals surface area contributed by atoms with Crippen LogP contribution in [0.15, 0.2) is 48.5 Å². The number of hydrogen-bond acceptors (Lipinski definition) is 5. The third kappa shape index (κ3) is 5.24. The van der Waals surface area contributed by atoms with Gasteiger partial charge in [0, 0.05) is 44.8 Å². The monoisotopic (exact) mass is 446 g/mol. The van der Waals surface area contributed by atoms with Crippen LogP contribution in [-0.4, -0.2) is 59.4 Å². The molecular formula is C26H31FN6. The van der Waals surface area contributed by atoms with Crippen LogP contribution in [0.25, 0.3) is 5.69 Å². The number of rotatable bonds is 7. The molecule has 2 heterocycles. The van der Waals surface area contributed by atoms with E-state index in [0.29, 0.717) is 5.56 Å². The fourth-order valence-corrected chi connectivity index (χ4v) is 4.34. The summed E-state index contributed by atoms with van der Waals surface area (Å²) >= 11 is 0. The summed E-state index contributed by atoms with van der Waals surface area (Å²) in [6.07, 6.45) is 0. The van der Waals surface area contributed by atoms with Crippen LogP contribution >= 0.6 is 0 Å². The average Bonchev–Trinajstić information content (AvgIpc) is 3.15. The number of hydrogen-bond donors (Lipinski definition) is 0. The number of piperazine rings is 1. The first-order valence-corrected chi connectivity index (χ1v) is 11.5. The highest BCUT2D eigenvalue weighted by Crippen LogP contribution is 2.30. The second-order valence-electron chi connectivity index (χ2n) is 8.68. The van der Waals surface area contributed by atoms with Crippen LogP contribution in [0.1, 0.15) is 29.3 Å². The molecule has 4 rings (SSSR count). The Hall–Kier alpha value is -3.21. The van der Waals surface area contributed by atoms with Gasteiger partial charge in [0.25, 0.3) is 0 Å². The molecule has 1 aliphatic rings. The Morgan fingerprint density at radius 2 is 1.79 bits per heavy atom. The van der Waals surface area contributed by atoms with Crippen LogP contribution < -0.4 is 4.90 Å². The van der Waals surface area contributed by atoms with Gasteiger partial charge in [0.05, 0.1) is 23.0 Å². The Morgan fingerprint density at radius 3 is 2.45 bits per heavy atom. The molecule has 6 nitrogen and oxygen atoms in total. The van der Waals surface area contributed by atoms with Crippen molar-refractivity contribution in [2.75, 3.05) is 44.7 Å². The van der Waals surface area contributed by atoms with Crippen molar-refractivity contribution < 1.29 is 4.39 Å². The molecule has 0 aliphatic carbocycles. The first-order chi connectivity index (χ1) is 16.0. The molecule has 0 N–H and O–H groups in total. The quantitative estimate of drug-likeness (QED) is 0.550. The highest BCUT2D eigenvalue weighted by atomic mass is 19.1. The zero-order chi connectivity index (χ0) is 23.4. The molecule has 0 saturated carbocycles. The Kier molecular flexibility index (Phi) is 7.07. The van der Waals surface area contributed by atoms with Gasteiger partial charge >= 0.3 is 0 Å². The van der Waals surface area contributed by atoms with Gasteiger partial charge in [-0.05, 0) is 62.5 Å². The van der Waals surface area contributed by atoms with Crippen LogP contribution in [-0.2, 0) is 13.1 Å². The van der Waals surface area contributed by atoms with E-state index in [1.807, 2.05) is 22.9 Å². The molecule has 0 unspecified atom stereocenters. The topological polar surface area (TPSA) is 51.3 Å². The van der Waals surface area contributed by atoms with Crippen molar-refractivity contribution >= 4 is 5.82 Å². The Bertz CT molecular complexity index is 1120. The fourth-order valence-electron chi connectivity index (χ4n) is 4.34. The van der Waals surface area contributed by atoms with Crippen LogP contribution in [0.3, 0.4) is 0 Å². The van der Waals surface area contributed by atoms with Crippen molar-refractivity contribution in [3.8, 4) is 11.8 Å². The molecule has 1 saturated heterocycles. The predicted molar refractivity (Wildman–Crippen MR) is 129 cm³/mol. The lowest BCUT2D eigenvalue weighted by molar-refractivity contribution is 0.270. The van der Waals surface area contributed by atoms with Crippen LogP contribution in [0.5, 0.6) is 0 Å². The zero-order valence-electron chi connectivity index (χ0n) is 19.6. The maximum atomic E-state index is 13.6. The number of anilines is 1. The number of aromatic nitrogens is 2. The minimum Gasteiger partial charge on any atom is -0.354 e. The lowest BCUT2D eigenvalue weighted by atomic mass is 10.1. The summed E-state index contributed by atoms with van der Waals surface area (Å²) in [5.74, 6) is 0.845. The van der Waals surface area contributed by atoms with Gasteiger partial charge in [-0.3, -0.25) is 4.90 Å². The first-order valence-electron chi connectivity index (χ1n) is 11.5. The molecule has 172 valence electrons. The van der Waals surface area contributed by atoms with E-state index in [1.54, 1.807) is 12.1 Å². The van der Waals surface area contributed by atoms with Crippen molar-refractivity contribution in [2.45, 2.75) is 26.9 Å². The molecule has 2 aromatic carbocycles. The largest absolute Gasteiger partial charge is 0.354 e. The summed E-state index contributed by atoms with van der Waals surface area (Å²) in [7, 11) is 2.15. The molecule has 33 heavy (non-hydrogen) atoms. The van der Waals surface area contributed by atoms with Gasteiger partial charge in [0.2, 0.25) is 0 Å². The Labute approximate surface area is 195 Å². The van der Waals surface area contributed by atoms with Crippen LogP contribution in [0, 0.1) is 24.1 Å². The van der Waals surface area contributed by atoms with E-state index in [-0.39, 0.29) is 5.82 Å². The second-order valence-corrected chi connectivity index (χ2v) is 8.68. The summed E-state index contributed by atoms with van der Waals surface area (Å²) in [6.45, 7) is 10.4. The van der Waals surface area contributed by atoms with E-state index in [4.69, 9.17) is 5.10 Å². The van der Waals surface area contributed by atoms with Crippen LogP contribution in [0.2, 0.25) is 0 Å². The Balaban J connectivity index is 1.68. The predicted octanol–water partition coefficient (Wildman–Crippen LogP) is 3.97. The number of likely N-dealkylation sites (N-methyl/N-ethyl adjacent to an activating group) is 1. The lowest BCUT2D eigenvalue weighted by Crippen LogP contribution is -2.45. The number of halogens is 1. The molecule has 7 heteroatoms. The van der Waals surface area contributed by atoms with Gasteiger partial charge in [0.15, 0.2) is 0 Å². The smallest absolute Gasteiger partial charge is 0.137 e. The standard InChI is InChI=1S/C26H31FN6/c1-4-31(18-22-7-5-6-21(16-22)17-28)19-25-20(2)29-33(24-10-8-23(27)9-11-24)26(25)32-14-12-30(3)13-15-32/h5-11,16H,4,12-15,18-19H2,1-3H3. The number of nitrogens with zero attached hydrogens (tertiary/aromatic N) is 6. The second kappa shape index (κ2) is 10.2. The first kappa shape index (κ1) is 23.0. The van der Waals surface area contributed by atoms with Gasteiger partial charge in [-0.1, -0.05) is 19.1 Å². The number of aryl methyl sites for hydroxylation is 1. The molecule has 0 amide bonds. The highest BCUT2D eigenvalue weighted by molar-refractivity contribution is 5.56. The van der Waals surface area contributed by atoms with Crippen LogP contribution in [0.4, 0.5) is 10.2 Å². The van der Waals surface area contributed by atoms with Gasteiger partial charge in [0.1, 0.15) is 11.6 Å². The molecule has 1 aromatic heterocycles. The number of benzene rings is 2. The molecule has 0 radical (unpaired) electrons. The lowest BCUT2D eigenvalue weighted by Gasteiger charge is -2.35. The summed E-state index contributed by atoms with van der Waals surface area (Å²) in [4.78, 5) is 7.11. The normalized spacial score (nSPS) is 14.6. The highest BCUT2D eigenvalue weighted by Gasteiger charge is 2.25. The van der Waals surface area contributed by atoms with Gasteiger partial charge < -0.3 is 9.80 Å². The maximum Gasteiger partial charge on any atom is 0.137 e. The summed E-state index contributed by atoms with van der Waals surface area (Å²) in [6, 6.07) is 16.6. The van der Waals surface area contributed by atoms with Gasteiger partial charge in [-0.25, -0.2) is 9.07 Å². The van der Waals surface area contributed by atoms with Crippen molar-refractivity contribution in [3.63, 3.8) is 0 Å². The third-order valence-corrected chi connectivity index (χ3v) is 6.32. The van der Waals surface area contributed by atoms with E-state index in [9.17, 15) is 9.65 Å². The maximum absolute atomic E-state index is 13.6. The van der Waals surface area contributed by atoms with Gasteiger partial charge in [-0.15, -0.1) is 0 Å². The average molecular weight is 447 g/mol. The van der Waals surface area contributed by atoms with Gasteiger partial charge in [-0.2, -0.15) is 10.4 Å². The van der Waals surface area contributed by atoms with E-state index in [0.717, 1.165) is 68.6 Å². The van der Waals surface area contributed by atoms with Crippen molar-refractivity contribution in [2.24, 2.45) is 0 Å². The molecule has 1 fully saturated rings. The molecule has 0 spiro atoms. The SMILES string of the molecule is CCN(Cc1cccc(C#N)c1)Cc1c(C)nn(-c2ccc(F)cc2)c1N1CCN(C)CC1. The minimum absolute atomic E-state index is 0.249. The molecule has 0 bridgehead atoms. The molecule has 3 aromatic rings. The molecule has 1 aliphatic heterocycles. The molecule has 0 atom stereocenters. The van der Waals surface area contributed by atoms with E-state index in [1.165, 1.54) is 17.7 Å². The zero-order valence-corrected chi connectivity index (χ0v) is 19.6. The van der Waals surface area contributed by atoms with E-state index in [2.05, 4.69) is 47.7 Å². The Morgan fingerprint density at radius 1 is 1.06 bits per heavy atom. The van der Waals surface area contributed by atoms with E-state index >= 15 is 0 Å². The van der Waals surface area contributed by atoms with E-state index < -0.39 is 0 Å². The third-order valence-electron chi connectivity index (χ3n) is 6.32. The summed E-state index contributed by atoms with van der Waals surface area (Å²) < 4.78 is 15.6. The number of nitriles is 1. The minimum atomic E-state index is -0.249. The summed E-state index contributed by atoms with van der Waals surface area (Å²) in [5.41, 5.74) is 4.85. The van der Waals surface area contributed by atoms with Crippen molar-refractivity contribution in [3.05, 3.63) is 76.7 Å². The van der Waals surface area contributed by atoms with Crippen molar-refractivity contribution in [1.82, 2.24) is 19.6 Å². The molecular weight excluding hydrogens is 415 g/mol. The summed E-state index contributed by atoms with van der Waals surface area (Å²) in [5, 5.41) is 14.1. The fraction of sp³-hybridized carbons (Fsp3) is 0.385. The van der Waals surface area contributed by atoms with Crippen molar-refractivity contribution in [1.29, 1.82) is 5.26 Å².